The van der Waals surface area contributed by atoms with Crippen LogP contribution in [0.15, 0.2) is 47.5 Å². The Morgan fingerprint density at radius 1 is 1.29 bits per heavy atom. The lowest BCUT2D eigenvalue weighted by molar-refractivity contribution is 0.0923. The molecule has 3 rings (SSSR count). The lowest BCUT2D eigenvalue weighted by Gasteiger charge is -2.17. The van der Waals surface area contributed by atoms with Crippen molar-refractivity contribution in [3.8, 4) is 11.1 Å². The first-order valence-electron chi connectivity index (χ1n) is 9.38. The molecule has 6 N–H and O–H groups in total. The predicted octanol–water partition coefficient (Wildman–Crippen LogP) is 2.54. The molecule has 0 saturated heterocycles. The summed E-state index contributed by atoms with van der Waals surface area (Å²) in [5.41, 5.74) is 6.67. The third kappa shape index (κ3) is 5.08. The Labute approximate surface area is 182 Å². The first-order chi connectivity index (χ1) is 14.8. The van der Waals surface area contributed by atoms with Gasteiger partial charge in [0.05, 0.1) is 34.8 Å². The fraction of sp³-hybridized carbons (Fsp3) is 0.190. The van der Waals surface area contributed by atoms with E-state index in [1.54, 1.807) is 13.0 Å². The Balaban J connectivity index is 2.06. The number of rotatable bonds is 7. The van der Waals surface area contributed by atoms with Gasteiger partial charge in [0.2, 0.25) is 0 Å². The molecule has 31 heavy (non-hydrogen) atoms. The van der Waals surface area contributed by atoms with Crippen molar-refractivity contribution in [3.63, 3.8) is 0 Å². The molecule has 162 valence electrons. The summed E-state index contributed by atoms with van der Waals surface area (Å²) in [4.78, 5) is 31.7. The number of nitrogens with two attached hydrogens (primary N) is 1. The van der Waals surface area contributed by atoms with Gasteiger partial charge in [-0.15, -0.1) is 0 Å². The Morgan fingerprint density at radius 2 is 2.06 bits per heavy atom. The van der Waals surface area contributed by atoms with Gasteiger partial charge in [0.1, 0.15) is 5.82 Å². The summed E-state index contributed by atoms with van der Waals surface area (Å²) < 4.78 is 14.4. The van der Waals surface area contributed by atoms with Crippen LogP contribution in [0.1, 0.15) is 23.0 Å². The quantitative estimate of drug-likeness (QED) is 0.379. The van der Waals surface area contributed by atoms with E-state index in [1.165, 1.54) is 36.7 Å². The molecule has 0 aliphatic rings. The van der Waals surface area contributed by atoms with Crippen LogP contribution in [0.3, 0.4) is 0 Å². The Morgan fingerprint density at radius 3 is 2.77 bits per heavy atom. The average Bonchev–Trinajstić information content (AvgIpc) is 2.76. The number of carbonyl (C=O) groups is 1. The van der Waals surface area contributed by atoms with Gasteiger partial charge in [-0.3, -0.25) is 14.6 Å². The number of nitrogens with one attached hydrogen (secondary N) is 3. The predicted molar refractivity (Wildman–Crippen MR) is 117 cm³/mol. The number of H-pyrrole nitrogens is 1. The van der Waals surface area contributed by atoms with E-state index in [2.05, 4.69) is 20.6 Å². The van der Waals surface area contributed by atoms with E-state index in [-0.39, 0.29) is 34.9 Å². The van der Waals surface area contributed by atoms with E-state index in [9.17, 15) is 19.1 Å². The van der Waals surface area contributed by atoms with Crippen LogP contribution < -0.4 is 21.9 Å². The Kier molecular flexibility index (Phi) is 7.01. The van der Waals surface area contributed by atoms with Crippen LogP contribution in [0.4, 0.5) is 15.8 Å². The third-order valence-corrected chi connectivity index (χ3v) is 4.77. The molecule has 0 bridgehead atoms. The molecular weight excluding hydrogens is 425 g/mol. The summed E-state index contributed by atoms with van der Waals surface area (Å²) in [6, 6.07) is 6.49. The van der Waals surface area contributed by atoms with Gasteiger partial charge in [0.25, 0.3) is 11.5 Å². The van der Waals surface area contributed by atoms with E-state index >= 15 is 0 Å². The molecule has 8 nitrogen and oxygen atoms in total. The number of pyridine rings is 2. The van der Waals surface area contributed by atoms with Crippen molar-refractivity contribution >= 4 is 28.9 Å². The van der Waals surface area contributed by atoms with Gasteiger partial charge < -0.3 is 26.5 Å². The van der Waals surface area contributed by atoms with Gasteiger partial charge in [-0.1, -0.05) is 11.6 Å². The second-order valence-corrected chi connectivity index (χ2v) is 7.27. The number of aromatic nitrogens is 2. The number of aliphatic hydroxyl groups is 1. The molecule has 2 heterocycles. The van der Waals surface area contributed by atoms with Crippen molar-refractivity contribution in [2.75, 3.05) is 11.9 Å². The number of hydrogen-bond donors (Lipinski definition) is 5. The standard InChI is InChI=1S/C21H21ClFN5O3/c1-11(10-29)26-21(31)15-9-25-5-4-17(15)27-18-7-14(20(30)28-19(18)8-24)13-6-12(22)2-3-16(13)23/h2-7,9,11,29H,8,10,24H2,1H3,(H,25,27)(H,26,31)(H,28,30). The lowest BCUT2D eigenvalue weighted by atomic mass is 10.0. The van der Waals surface area contributed by atoms with Crippen molar-refractivity contribution in [2.45, 2.75) is 19.5 Å². The molecule has 0 radical (unpaired) electrons. The number of aliphatic hydroxyl groups excluding tert-OH is 1. The fourth-order valence-corrected chi connectivity index (χ4v) is 3.09. The van der Waals surface area contributed by atoms with Crippen LogP contribution in [-0.2, 0) is 6.54 Å². The molecule has 0 spiro atoms. The molecule has 1 amide bonds. The van der Waals surface area contributed by atoms with Crippen molar-refractivity contribution in [1.29, 1.82) is 0 Å². The minimum Gasteiger partial charge on any atom is -0.394 e. The van der Waals surface area contributed by atoms with Gasteiger partial charge in [0.15, 0.2) is 0 Å². The van der Waals surface area contributed by atoms with Gasteiger partial charge in [0, 0.05) is 35.6 Å². The minimum absolute atomic E-state index is 0.00988. The highest BCUT2D eigenvalue weighted by Crippen LogP contribution is 2.28. The topological polar surface area (TPSA) is 133 Å². The molecule has 3 aromatic rings. The number of benzene rings is 1. The van der Waals surface area contributed by atoms with Crippen molar-refractivity contribution in [1.82, 2.24) is 15.3 Å². The molecule has 0 aliphatic heterocycles. The van der Waals surface area contributed by atoms with E-state index in [0.29, 0.717) is 17.1 Å². The highest BCUT2D eigenvalue weighted by Gasteiger charge is 2.17. The summed E-state index contributed by atoms with van der Waals surface area (Å²) in [6.07, 6.45) is 2.85. The summed E-state index contributed by atoms with van der Waals surface area (Å²) in [7, 11) is 0. The van der Waals surface area contributed by atoms with Gasteiger partial charge in [-0.2, -0.15) is 0 Å². The number of nitrogens with zero attached hydrogens (tertiary/aromatic N) is 1. The minimum atomic E-state index is -0.608. The van der Waals surface area contributed by atoms with Crippen LogP contribution in [0.5, 0.6) is 0 Å². The van der Waals surface area contributed by atoms with E-state index in [0.717, 1.165) is 0 Å². The molecule has 10 heteroatoms. The largest absolute Gasteiger partial charge is 0.394 e. The van der Waals surface area contributed by atoms with Gasteiger partial charge in [-0.05, 0) is 37.3 Å². The van der Waals surface area contributed by atoms with Crippen LogP contribution in [-0.4, -0.2) is 33.6 Å². The lowest BCUT2D eigenvalue weighted by Crippen LogP contribution is -2.35. The van der Waals surface area contributed by atoms with E-state index in [4.69, 9.17) is 17.3 Å². The molecule has 0 saturated carbocycles. The fourth-order valence-electron chi connectivity index (χ4n) is 2.92. The zero-order valence-corrected chi connectivity index (χ0v) is 17.3. The molecule has 0 aliphatic carbocycles. The molecule has 1 unspecified atom stereocenters. The Hall–Kier alpha value is -3.27. The maximum Gasteiger partial charge on any atom is 0.256 e. The number of amides is 1. The molecule has 1 aromatic carbocycles. The highest BCUT2D eigenvalue weighted by atomic mass is 35.5. The van der Waals surface area contributed by atoms with Crippen LogP contribution in [0.2, 0.25) is 5.02 Å². The highest BCUT2D eigenvalue weighted by molar-refractivity contribution is 6.30. The molecule has 2 aromatic heterocycles. The van der Waals surface area contributed by atoms with Crippen molar-refractivity contribution in [2.24, 2.45) is 5.73 Å². The SMILES string of the molecule is CC(CO)NC(=O)c1cnccc1Nc1cc(-c2cc(Cl)ccc2F)c(=O)[nH]c1CN. The van der Waals surface area contributed by atoms with E-state index in [1.807, 2.05) is 0 Å². The van der Waals surface area contributed by atoms with Gasteiger partial charge >= 0.3 is 0 Å². The summed E-state index contributed by atoms with van der Waals surface area (Å²) in [6.45, 7) is 1.42. The second kappa shape index (κ2) is 9.69. The smallest absolute Gasteiger partial charge is 0.256 e. The van der Waals surface area contributed by atoms with Crippen LogP contribution in [0, 0.1) is 5.82 Å². The number of halogens is 2. The van der Waals surface area contributed by atoms with E-state index < -0.39 is 23.3 Å². The number of hydrogen-bond acceptors (Lipinski definition) is 6. The Bertz CT molecular complexity index is 1170. The first-order valence-corrected chi connectivity index (χ1v) is 9.76. The van der Waals surface area contributed by atoms with Crippen molar-refractivity contribution in [3.05, 3.63) is 75.2 Å². The van der Waals surface area contributed by atoms with Crippen molar-refractivity contribution < 1.29 is 14.3 Å². The van der Waals surface area contributed by atoms with Crippen LogP contribution in [0.25, 0.3) is 11.1 Å². The summed E-state index contributed by atoms with van der Waals surface area (Å²) in [5, 5.41) is 15.2. The second-order valence-electron chi connectivity index (χ2n) is 6.84. The number of aromatic amines is 1. The van der Waals surface area contributed by atoms with Gasteiger partial charge in [-0.25, -0.2) is 4.39 Å². The third-order valence-electron chi connectivity index (χ3n) is 4.53. The zero-order chi connectivity index (χ0) is 22.5. The number of carbonyl (C=O) groups excluding carboxylic acids is 1. The zero-order valence-electron chi connectivity index (χ0n) is 16.6. The average molecular weight is 446 g/mol. The normalized spacial score (nSPS) is 11.8. The molecule has 1 atom stereocenters. The molecule has 0 fully saturated rings. The maximum absolute atomic E-state index is 14.4. The summed E-state index contributed by atoms with van der Waals surface area (Å²) in [5.74, 6) is -1.06. The first kappa shape index (κ1) is 22.4. The monoisotopic (exact) mass is 445 g/mol. The number of anilines is 2. The summed E-state index contributed by atoms with van der Waals surface area (Å²) >= 11 is 5.97. The maximum atomic E-state index is 14.4. The van der Waals surface area contributed by atoms with Crippen LogP contribution >= 0.6 is 11.6 Å². The molecular formula is C21H21ClFN5O3.